The van der Waals surface area contributed by atoms with Gasteiger partial charge in [0.05, 0.1) is 10.7 Å². The highest BCUT2D eigenvalue weighted by Gasteiger charge is 2.06. The van der Waals surface area contributed by atoms with Crippen LogP contribution in [0.2, 0.25) is 5.02 Å². The number of hydrogen-bond acceptors (Lipinski definition) is 3. The minimum absolute atomic E-state index is 0.00832. The zero-order valence-electron chi connectivity index (χ0n) is 13.2. The van der Waals surface area contributed by atoms with Gasteiger partial charge in [-0.2, -0.15) is 0 Å². The van der Waals surface area contributed by atoms with E-state index in [2.05, 4.69) is 31.1 Å². The van der Waals surface area contributed by atoms with Gasteiger partial charge < -0.3 is 16.0 Å². The molecular weight excluding hydrogens is 286 g/mol. The summed E-state index contributed by atoms with van der Waals surface area (Å²) in [4.78, 5) is 14.1. The topological polar surface area (TPSA) is 58.4 Å². The zero-order valence-corrected chi connectivity index (χ0v) is 13.9. The monoisotopic (exact) mass is 311 g/mol. The molecular formula is C16H26ClN3O. The van der Waals surface area contributed by atoms with Crippen LogP contribution in [0.15, 0.2) is 18.2 Å². The molecule has 1 rings (SSSR count). The number of anilines is 2. The van der Waals surface area contributed by atoms with E-state index >= 15 is 0 Å². The van der Waals surface area contributed by atoms with Crippen molar-refractivity contribution in [1.82, 2.24) is 4.90 Å². The molecule has 0 atom stereocenters. The number of benzene rings is 1. The first-order chi connectivity index (χ1) is 9.88. The number of rotatable bonds is 8. The van der Waals surface area contributed by atoms with Crippen molar-refractivity contribution in [2.45, 2.75) is 33.1 Å². The number of amides is 1. The van der Waals surface area contributed by atoms with E-state index in [4.69, 9.17) is 17.3 Å². The van der Waals surface area contributed by atoms with Gasteiger partial charge in [0.2, 0.25) is 5.91 Å². The van der Waals surface area contributed by atoms with E-state index in [1.807, 2.05) is 0 Å². The summed E-state index contributed by atoms with van der Waals surface area (Å²) in [6, 6.07) is 5.12. The molecule has 0 aliphatic carbocycles. The van der Waals surface area contributed by atoms with Crippen molar-refractivity contribution in [1.29, 1.82) is 0 Å². The Morgan fingerprint density at radius 2 is 2.10 bits per heavy atom. The number of carbonyl (C=O) groups is 1. The van der Waals surface area contributed by atoms with Crippen molar-refractivity contribution in [2.24, 2.45) is 5.92 Å². The molecule has 21 heavy (non-hydrogen) atoms. The van der Waals surface area contributed by atoms with Crippen LogP contribution < -0.4 is 11.1 Å². The largest absolute Gasteiger partial charge is 0.397 e. The van der Waals surface area contributed by atoms with Gasteiger partial charge in [0.15, 0.2) is 0 Å². The van der Waals surface area contributed by atoms with E-state index in [1.165, 1.54) is 6.42 Å². The quantitative estimate of drug-likeness (QED) is 0.721. The number of nitrogens with zero attached hydrogens (tertiary/aromatic N) is 1. The van der Waals surface area contributed by atoms with Crippen LogP contribution in [0.1, 0.15) is 33.1 Å². The lowest BCUT2D eigenvalue weighted by atomic mass is 10.1. The van der Waals surface area contributed by atoms with Crippen LogP contribution in [-0.4, -0.2) is 30.9 Å². The first kappa shape index (κ1) is 17.8. The van der Waals surface area contributed by atoms with Crippen molar-refractivity contribution in [3.05, 3.63) is 23.2 Å². The summed E-state index contributed by atoms with van der Waals surface area (Å²) >= 11 is 5.84. The zero-order chi connectivity index (χ0) is 15.8. The Balaban J connectivity index is 2.26. The molecule has 0 spiro atoms. The Morgan fingerprint density at radius 1 is 1.38 bits per heavy atom. The predicted octanol–water partition coefficient (Wildman–Crippen LogP) is 3.62. The summed E-state index contributed by atoms with van der Waals surface area (Å²) in [7, 11) is 2.10. The molecule has 3 N–H and O–H groups in total. The normalized spacial score (nSPS) is 11.1. The Kier molecular flexibility index (Phi) is 7.54. The Hall–Kier alpha value is -1.26. The highest BCUT2D eigenvalue weighted by Crippen LogP contribution is 2.22. The molecule has 0 unspecified atom stereocenters. The molecule has 0 aromatic heterocycles. The summed E-state index contributed by atoms with van der Waals surface area (Å²) in [5, 5.41) is 3.34. The second-order valence-corrected chi connectivity index (χ2v) is 6.28. The van der Waals surface area contributed by atoms with Gasteiger partial charge >= 0.3 is 0 Å². The molecule has 1 amide bonds. The highest BCUT2D eigenvalue weighted by molar-refractivity contribution is 6.33. The van der Waals surface area contributed by atoms with E-state index in [0.717, 1.165) is 19.5 Å². The molecule has 4 nitrogen and oxygen atoms in total. The summed E-state index contributed by atoms with van der Waals surface area (Å²) < 4.78 is 0. The molecule has 0 saturated heterocycles. The van der Waals surface area contributed by atoms with Crippen molar-refractivity contribution >= 4 is 28.9 Å². The van der Waals surface area contributed by atoms with Gasteiger partial charge in [-0.15, -0.1) is 0 Å². The molecule has 0 radical (unpaired) electrons. The van der Waals surface area contributed by atoms with Gasteiger partial charge in [0, 0.05) is 12.1 Å². The number of nitrogens with two attached hydrogens (primary N) is 1. The molecule has 0 fully saturated rings. The maximum Gasteiger partial charge on any atom is 0.224 e. The van der Waals surface area contributed by atoms with E-state index in [0.29, 0.717) is 28.7 Å². The fourth-order valence-electron chi connectivity index (χ4n) is 1.94. The van der Waals surface area contributed by atoms with Crippen molar-refractivity contribution in [3.8, 4) is 0 Å². The third-order valence-electron chi connectivity index (χ3n) is 3.31. The van der Waals surface area contributed by atoms with Crippen LogP contribution >= 0.6 is 11.6 Å². The SMILES string of the molecule is CC(C)CCN(C)CCCC(=O)Nc1ccc(Cl)c(N)c1. The van der Waals surface area contributed by atoms with Gasteiger partial charge in [-0.25, -0.2) is 0 Å². The first-order valence-corrected chi connectivity index (χ1v) is 7.79. The van der Waals surface area contributed by atoms with Gasteiger partial charge in [0.1, 0.15) is 0 Å². The third kappa shape index (κ3) is 7.34. The van der Waals surface area contributed by atoms with Gasteiger partial charge in [-0.1, -0.05) is 25.4 Å². The smallest absolute Gasteiger partial charge is 0.224 e. The van der Waals surface area contributed by atoms with Crippen LogP contribution in [-0.2, 0) is 4.79 Å². The number of nitrogen functional groups attached to an aromatic ring is 1. The number of carbonyl (C=O) groups excluding carboxylic acids is 1. The van der Waals surface area contributed by atoms with Crippen LogP contribution in [0.3, 0.4) is 0 Å². The lowest BCUT2D eigenvalue weighted by molar-refractivity contribution is -0.116. The van der Waals surface area contributed by atoms with Gasteiger partial charge in [0.25, 0.3) is 0 Å². The van der Waals surface area contributed by atoms with Crippen LogP contribution in [0, 0.1) is 5.92 Å². The van der Waals surface area contributed by atoms with E-state index < -0.39 is 0 Å². The molecule has 0 saturated carbocycles. The molecule has 0 aliphatic rings. The Morgan fingerprint density at radius 3 is 2.71 bits per heavy atom. The molecule has 0 aliphatic heterocycles. The predicted molar refractivity (Wildman–Crippen MR) is 90.7 cm³/mol. The van der Waals surface area contributed by atoms with Crippen molar-refractivity contribution in [2.75, 3.05) is 31.2 Å². The fraction of sp³-hybridized carbons (Fsp3) is 0.562. The number of halogens is 1. The molecule has 5 heteroatoms. The van der Waals surface area contributed by atoms with Crippen molar-refractivity contribution in [3.63, 3.8) is 0 Å². The van der Waals surface area contributed by atoms with E-state index in [9.17, 15) is 4.79 Å². The minimum atomic E-state index is 0.00832. The Labute approximate surface area is 132 Å². The molecule has 1 aromatic carbocycles. The van der Waals surface area contributed by atoms with Crippen molar-refractivity contribution < 1.29 is 4.79 Å². The lowest BCUT2D eigenvalue weighted by Crippen LogP contribution is -2.23. The van der Waals surface area contributed by atoms with E-state index in [-0.39, 0.29) is 5.91 Å². The summed E-state index contributed by atoms with van der Waals surface area (Å²) in [6.07, 6.45) is 2.55. The number of nitrogens with one attached hydrogen (secondary N) is 1. The molecule has 0 heterocycles. The molecule has 118 valence electrons. The Bertz CT molecular complexity index is 463. The van der Waals surface area contributed by atoms with Crippen LogP contribution in [0.4, 0.5) is 11.4 Å². The average Bonchev–Trinajstić information content (AvgIpc) is 2.40. The van der Waals surface area contributed by atoms with Crippen LogP contribution in [0.5, 0.6) is 0 Å². The molecule has 1 aromatic rings. The fourth-order valence-corrected chi connectivity index (χ4v) is 2.06. The second kappa shape index (κ2) is 8.90. The molecule has 0 bridgehead atoms. The first-order valence-electron chi connectivity index (χ1n) is 7.42. The van der Waals surface area contributed by atoms with Gasteiger partial charge in [-0.05, 0) is 57.1 Å². The average molecular weight is 312 g/mol. The highest BCUT2D eigenvalue weighted by atomic mass is 35.5. The maximum absolute atomic E-state index is 11.9. The standard InChI is InChI=1S/C16H26ClN3O/c1-12(2)8-10-20(3)9-4-5-16(21)19-13-6-7-14(17)15(18)11-13/h6-7,11-12H,4-5,8-10,18H2,1-3H3,(H,19,21). The second-order valence-electron chi connectivity index (χ2n) is 5.87. The maximum atomic E-state index is 11.9. The van der Waals surface area contributed by atoms with Crippen LogP contribution in [0.25, 0.3) is 0 Å². The summed E-state index contributed by atoms with van der Waals surface area (Å²) in [5.41, 5.74) is 6.87. The minimum Gasteiger partial charge on any atom is -0.397 e. The summed E-state index contributed by atoms with van der Waals surface area (Å²) in [5.74, 6) is 0.722. The lowest BCUT2D eigenvalue weighted by Gasteiger charge is -2.17. The van der Waals surface area contributed by atoms with E-state index in [1.54, 1.807) is 18.2 Å². The summed E-state index contributed by atoms with van der Waals surface area (Å²) in [6.45, 7) is 6.45. The van der Waals surface area contributed by atoms with Gasteiger partial charge in [-0.3, -0.25) is 4.79 Å². The number of hydrogen-bond donors (Lipinski definition) is 2. The third-order valence-corrected chi connectivity index (χ3v) is 3.66.